The number of hydrogen-bond donors (Lipinski definition) is 0. The summed E-state index contributed by atoms with van der Waals surface area (Å²) in [6.45, 7) is 2.08. The van der Waals surface area contributed by atoms with Crippen LogP contribution in [0, 0.1) is 5.92 Å². The minimum Gasteiger partial charge on any atom is -0.345 e. The average Bonchev–Trinajstić information content (AvgIpc) is 2.85. The molecule has 1 heterocycles. The number of carbonyl (C=O) groups excluding carboxylic acids is 3. The molecule has 1 aliphatic heterocycles. The van der Waals surface area contributed by atoms with Gasteiger partial charge in [-0.1, -0.05) is 23.9 Å². The Hall–Kier alpha value is -1.82. The molecule has 1 saturated heterocycles. The molecule has 0 N–H and O–H groups in total. The predicted octanol–water partition coefficient (Wildman–Crippen LogP) is 2.02. The lowest BCUT2D eigenvalue weighted by Crippen LogP contribution is -2.29. The Morgan fingerprint density at radius 2 is 2.00 bits per heavy atom. The van der Waals surface area contributed by atoms with Crippen molar-refractivity contribution in [2.75, 3.05) is 31.3 Å². The molecule has 0 bridgehead atoms. The number of anilines is 1. The Morgan fingerprint density at radius 3 is 2.64 bits per heavy atom. The molecule has 1 atom stereocenters. The van der Waals surface area contributed by atoms with Crippen molar-refractivity contribution in [1.82, 2.24) is 4.90 Å². The van der Waals surface area contributed by atoms with Crippen LogP contribution in [0.15, 0.2) is 24.3 Å². The van der Waals surface area contributed by atoms with Crippen LogP contribution in [0.4, 0.5) is 5.69 Å². The fourth-order valence-corrected chi connectivity index (χ4v) is 3.19. The molecular formula is C16H20N2O3S. The zero-order chi connectivity index (χ0) is 16.3. The highest BCUT2D eigenvalue weighted by atomic mass is 32.2. The van der Waals surface area contributed by atoms with Gasteiger partial charge < -0.3 is 9.80 Å². The molecule has 1 aromatic carbocycles. The minimum atomic E-state index is -0.120. The van der Waals surface area contributed by atoms with E-state index in [2.05, 4.69) is 0 Å². The highest BCUT2D eigenvalue weighted by molar-refractivity contribution is 8.13. The molecule has 0 aromatic heterocycles. The lowest BCUT2D eigenvalue weighted by atomic mass is 10.1. The van der Waals surface area contributed by atoms with Crippen LogP contribution in [0.5, 0.6) is 0 Å². The first-order valence-electron chi connectivity index (χ1n) is 7.14. The van der Waals surface area contributed by atoms with Crippen LogP contribution < -0.4 is 4.90 Å². The van der Waals surface area contributed by atoms with Crippen molar-refractivity contribution >= 4 is 34.4 Å². The third-order valence-corrected chi connectivity index (χ3v) is 4.60. The number of benzene rings is 1. The van der Waals surface area contributed by atoms with E-state index in [9.17, 15) is 14.4 Å². The highest BCUT2D eigenvalue weighted by Crippen LogP contribution is 2.30. The molecule has 22 heavy (non-hydrogen) atoms. The van der Waals surface area contributed by atoms with Gasteiger partial charge in [0.15, 0.2) is 5.12 Å². The SMILES string of the molecule is CC(=O)SCC1CC(=O)N(c2ccccc2C(=O)N(C)C)C1. The van der Waals surface area contributed by atoms with E-state index in [1.165, 1.54) is 23.6 Å². The fraction of sp³-hybridized carbons (Fsp3) is 0.438. The quantitative estimate of drug-likeness (QED) is 0.852. The van der Waals surface area contributed by atoms with Gasteiger partial charge in [-0.05, 0) is 18.1 Å². The van der Waals surface area contributed by atoms with Crippen LogP contribution in [-0.4, -0.2) is 48.2 Å². The molecule has 0 radical (unpaired) electrons. The van der Waals surface area contributed by atoms with Gasteiger partial charge in [0.05, 0.1) is 11.3 Å². The van der Waals surface area contributed by atoms with E-state index in [1.54, 1.807) is 37.2 Å². The van der Waals surface area contributed by atoms with E-state index in [0.717, 1.165) is 0 Å². The van der Waals surface area contributed by atoms with Crippen molar-refractivity contribution in [3.05, 3.63) is 29.8 Å². The Morgan fingerprint density at radius 1 is 1.32 bits per heavy atom. The molecule has 2 amide bonds. The van der Waals surface area contributed by atoms with Gasteiger partial charge in [0.2, 0.25) is 5.91 Å². The van der Waals surface area contributed by atoms with E-state index >= 15 is 0 Å². The molecule has 0 saturated carbocycles. The van der Waals surface area contributed by atoms with Gasteiger partial charge in [0, 0.05) is 39.7 Å². The first-order valence-corrected chi connectivity index (χ1v) is 8.13. The van der Waals surface area contributed by atoms with Crippen LogP contribution in [0.3, 0.4) is 0 Å². The van der Waals surface area contributed by atoms with E-state index in [-0.39, 0.29) is 22.8 Å². The smallest absolute Gasteiger partial charge is 0.255 e. The second kappa shape index (κ2) is 6.96. The van der Waals surface area contributed by atoms with Gasteiger partial charge in [0.1, 0.15) is 0 Å². The molecular weight excluding hydrogens is 300 g/mol. The summed E-state index contributed by atoms with van der Waals surface area (Å²) in [6.07, 6.45) is 0.421. The zero-order valence-corrected chi connectivity index (χ0v) is 13.9. The molecule has 5 nitrogen and oxygen atoms in total. The number of nitrogens with zero attached hydrogens (tertiary/aromatic N) is 2. The fourth-order valence-electron chi connectivity index (χ4n) is 2.49. The van der Waals surface area contributed by atoms with Crippen molar-refractivity contribution in [3.63, 3.8) is 0 Å². The van der Waals surface area contributed by atoms with Gasteiger partial charge in [-0.2, -0.15) is 0 Å². The molecule has 1 aliphatic rings. The summed E-state index contributed by atoms with van der Waals surface area (Å²) < 4.78 is 0. The predicted molar refractivity (Wildman–Crippen MR) is 88.1 cm³/mol. The van der Waals surface area contributed by atoms with Gasteiger partial charge in [-0.3, -0.25) is 14.4 Å². The summed E-state index contributed by atoms with van der Waals surface area (Å²) in [6, 6.07) is 7.16. The van der Waals surface area contributed by atoms with Gasteiger partial charge >= 0.3 is 0 Å². The Balaban J connectivity index is 2.20. The standard InChI is InChI=1S/C16H20N2O3S/c1-11(19)22-10-12-8-15(20)18(9-12)14-7-5-4-6-13(14)16(21)17(2)3/h4-7,12H,8-10H2,1-3H3. The van der Waals surface area contributed by atoms with E-state index in [4.69, 9.17) is 0 Å². The van der Waals surface area contributed by atoms with Crippen molar-refractivity contribution in [1.29, 1.82) is 0 Å². The second-order valence-corrected chi connectivity index (χ2v) is 6.79. The maximum atomic E-state index is 12.3. The third-order valence-electron chi connectivity index (χ3n) is 3.56. The summed E-state index contributed by atoms with van der Waals surface area (Å²) in [7, 11) is 3.38. The minimum absolute atomic E-state index is 0.00755. The normalized spacial score (nSPS) is 17.7. The lowest BCUT2D eigenvalue weighted by molar-refractivity contribution is -0.117. The summed E-state index contributed by atoms with van der Waals surface area (Å²) >= 11 is 1.25. The summed E-state index contributed by atoms with van der Waals surface area (Å²) in [5.74, 6) is 0.670. The van der Waals surface area contributed by atoms with Gasteiger partial charge in [0.25, 0.3) is 5.91 Å². The lowest BCUT2D eigenvalue weighted by Gasteiger charge is -2.21. The molecule has 1 fully saturated rings. The molecule has 0 spiro atoms. The summed E-state index contributed by atoms with van der Waals surface area (Å²) in [5, 5.41) is 0.0640. The van der Waals surface area contributed by atoms with Gasteiger partial charge in [-0.15, -0.1) is 0 Å². The second-order valence-electron chi connectivity index (χ2n) is 5.59. The third kappa shape index (κ3) is 3.68. The Labute approximate surface area is 134 Å². The van der Waals surface area contributed by atoms with Gasteiger partial charge in [-0.25, -0.2) is 0 Å². The van der Waals surface area contributed by atoms with E-state index in [1.807, 2.05) is 6.07 Å². The zero-order valence-electron chi connectivity index (χ0n) is 13.0. The van der Waals surface area contributed by atoms with Crippen LogP contribution >= 0.6 is 11.8 Å². The molecule has 1 aromatic rings. The number of amides is 2. The maximum absolute atomic E-state index is 12.3. The molecule has 0 aliphatic carbocycles. The molecule has 6 heteroatoms. The van der Waals surface area contributed by atoms with Crippen molar-refractivity contribution in [3.8, 4) is 0 Å². The number of carbonyl (C=O) groups is 3. The number of para-hydroxylation sites is 1. The average molecular weight is 320 g/mol. The van der Waals surface area contributed by atoms with Crippen molar-refractivity contribution in [2.24, 2.45) is 5.92 Å². The highest BCUT2D eigenvalue weighted by Gasteiger charge is 2.32. The first kappa shape index (κ1) is 16.5. The monoisotopic (exact) mass is 320 g/mol. The molecule has 2 rings (SSSR count). The van der Waals surface area contributed by atoms with Crippen molar-refractivity contribution < 1.29 is 14.4 Å². The largest absolute Gasteiger partial charge is 0.345 e. The molecule has 1 unspecified atom stereocenters. The summed E-state index contributed by atoms with van der Waals surface area (Å²) in [4.78, 5) is 38.8. The maximum Gasteiger partial charge on any atom is 0.255 e. The van der Waals surface area contributed by atoms with Crippen LogP contribution in [0.2, 0.25) is 0 Å². The van der Waals surface area contributed by atoms with E-state index in [0.29, 0.717) is 30.0 Å². The number of thioether (sulfide) groups is 1. The Bertz CT molecular complexity index is 601. The van der Waals surface area contributed by atoms with E-state index < -0.39 is 0 Å². The molecule has 118 valence electrons. The Kier molecular flexibility index (Phi) is 5.24. The van der Waals surface area contributed by atoms with Crippen LogP contribution in [-0.2, 0) is 9.59 Å². The number of hydrogen-bond acceptors (Lipinski definition) is 4. The topological polar surface area (TPSA) is 57.7 Å². The first-order chi connectivity index (χ1) is 10.4. The van der Waals surface area contributed by atoms with Crippen LogP contribution in [0.25, 0.3) is 0 Å². The number of rotatable bonds is 4. The van der Waals surface area contributed by atoms with Crippen molar-refractivity contribution in [2.45, 2.75) is 13.3 Å². The summed E-state index contributed by atoms with van der Waals surface area (Å²) in [5.41, 5.74) is 1.18. The van der Waals surface area contributed by atoms with Crippen LogP contribution in [0.1, 0.15) is 23.7 Å².